The van der Waals surface area contributed by atoms with Gasteiger partial charge in [0.2, 0.25) is 23.3 Å². The highest BCUT2D eigenvalue weighted by molar-refractivity contribution is 7.80. The van der Waals surface area contributed by atoms with Crippen LogP contribution in [0.25, 0.3) is 0 Å². The molecule has 1 aliphatic carbocycles. The van der Waals surface area contributed by atoms with E-state index in [0.717, 1.165) is 42.0 Å². The Hall–Kier alpha value is -5.16. The Balaban J connectivity index is 0.982. The molecule has 0 bridgehead atoms. The first kappa shape index (κ1) is 42.4. The van der Waals surface area contributed by atoms with Crippen LogP contribution in [0, 0.1) is 29.6 Å². The second kappa shape index (κ2) is 17.4. The zero-order valence-corrected chi connectivity index (χ0v) is 33.5. The Labute approximate surface area is 341 Å². The number of carbonyl (C=O) groups excluding carboxylic acids is 4. The normalized spacial score (nSPS) is 25.2. The van der Waals surface area contributed by atoms with Crippen molar-refractivity contribution in [2.24, 2.45) is 5.92 Å². The molecule has 306 valence electrons. The van der Waals surface area contributed by atoms with Gasteiger partial charge in [0.1, 0.15) is 11.7 Å². The molecule has 3 aliphatic heterocycles. The zero-order chi connectivity index (χ0) is 41.9. The molecule has 3 heterocycles. The molecule has 2 aromatic rings. The van der Waals surface area contributed by atoms with Gasteiger partial charge in [0, 0.05) is 55.5 Å². The fraction of sp³-hybridized carbons (Fsp3) is 0.500. The number of piperidine rings is 2. The van der Waals surface area contributed by atoms with E-state index in [2.05, 4.69) is 28.8 Å². The van der Waals surface area contributed by atoms with E-state index in [1.807, 2.05) is 4.90 Å². The first-order valence-corrected chi connectivity index (χ1v) is 19.9. The number of carbonyl (C=O) groups is 4. The lowest BCUT2D eigenvalue weighted by Crippen LogP contribution is -2.50. The third-order valence-corrected chi connectivity index (χ3v) is 11.9. The van der Waals surface area contributed by atoms with Crippen LogP contribution in [0.5, 0.6) is 0 Å². The lowest BCUT2D eigenvalue weighted by atomic mass is 9.84. The van der Waals surface area contributed by atoms with Crippen molar-refractivity contribution >= 4 is 63.7 Å². The molecule has 0 spiro atoms. The summed E-state index contributed by atoms with van der Waals surface area (Å²) in [5, 5.41) is 17.7. The summed E-state index contributed by atoms with van der Waals surface area (Å²) in [7, 11) is 0. The van der Waals surface area contributed by atoms with Crippen molar-refractivity contribution < 1.29 is 41.7 Å². The number of hydrogen-bond acceptors (Lipinski definition) is 9. The van der Waals surface area contributed by atoms with E-state index in [1.165, 1.54) is 6.07 Å². The summed E-state index contributed by atoms with van der Waals surface area (Å²) >= 11 is 5.72. The van der Waals surface area contributed by atoms with Crippen LogP contribution in [0.1, 0.15) is 89.7 Å². The average molecular weight is 819 g/mol. The van der Waals surface area contributed by atoms with Crippen LogP contribution in [0.2, 0.25) is 0 Å². The van der Waals surface area contributed by atoms with E-state index in [9.17, 15) is 37.6 Å². The number of alkyl halides is 3. The van der Waals surface area contributed by atoms with Crippen molar-refractivity contribution in [2.75, 3.05) is 28.7 Å². The minimum atomic E-state index is -4.78. The summed E-state index contributed by atoms with van der Waals surface area (Å²) in [6.07, 6.45) is 6.82. The number of ether oxygens (including phenoxy) is 1. The topological polar surface area (TPSA) is 147 Å². The smallest absolute Gasteiger partial charge is 0.378 e. The van der Waals surface area contributed by atoms with Crippen LogP contribution in [-0.4, -0.2) is 86.8 Å². The number of rotatable bonds is 10. The Kier molecular flexibility index (Phi) is 12.7. The monoisotopic (exact) mass is 818 g/mol. The highest BCUT2D eigenvalue weighted by Gasteiger charge is 2.57. The SMILES string of the molecule is C#C[C@@H]1C[C@@H](CCOC2CCC(=[N+]3C(=S)N(c4ccc(C#N)c(C(F)(F)F)c4)C(=O)C3(C)C)CC2)C[C@H](C)N1CC(=O)Nc1cccc(NC2CCC(=O)NC2=O)c1. The van der Waals surface area contributed by atoms with Gasteiger partial charge in [-0.1, -0.05) is 12.0 Å². The number of nitrogens with zero attached hydrogens (tertiary/aromatic N) is 4. The van der Waals surface area contributed by atoms with Gasteiger partial charge in [0.05, 0.1) is 41.6 Å². The van der Waals surface area contributed by atoms with Crippen LogP contribution < -0.4 is 20.9 Å². The van der Waals surface area contributed by atoms with Gasteiger partial charge in [-0.2, -0.15) is 18.4 Å². The molecule has 0 aromatic heterocycles. The van der Waals surface area contributed by atoms with E-state index in [-0.39, 0.29) is 59.7 Å². The van der Waals surface area contributed by atoms with Crippen LogP contribution in [0.3, 0.4) is 0 Å². The maximum Gasteiger partial charge on any atom is 0.417 e. The number of nitrogens with one attached hydrogen (secondary N) is 3. The van der Waals surface area contributed by atoms with E-state index < -0.39 is 34.8 Å². The second-order valence-corrected chi connectivity index (χ2v) is 16.3. The predicted octanol–water partition coefficient (Wildman–Crippen LogP) is 5.75. The minimum Gasteiger partial charge on any atom is -0.378 e. The van der Waals surface area contributed by atoms with Crippen LogP contribution in [0.4, 0.5) is 30.2 Å². The molecule has 58 heavy (non-hydrogen) atoms. The number of halogens is 3. The number of benzene rings is 2. The Morgan fingerprint density at radius 1 is 1.09 bits per heavy atom. The Morgan fingerprint density at radius 2 is 1.81 bits per heavy atom. The van der Waals surface area contributed by atoms with Crippen LogP contribution >= 0.6 is 12.2 Å². The van der Waals surface area contributed by atoms with E-state index in [0.29, 0.717) is 56.0 Å². The predicted molar refractivity (Wildman–Crippen MR) is 215 cm³/mol. The quantitative estimate of drug-likeness (QED) is 0.118. The highest BCUT2D eigenvalue weighted by atomic mass is 32.1. The first-order chi connectivity index (χ1) is 27.5. The van der Waals surface area contributed by atoms with Gasteiger partial charge in [-0.25, -0.2) is 9.37 Å². The summed E-state index contributed by atoms with van der Waals surface area (Å²) < 4.78 is 49.3. The van der Waals surface area contributed by atoms with Crippen molar-refractivity contribution in [2.45, 2.75) is 115 Å². The second-order valence-electron chi connectivity index (χ2n) is 15.9. The largest absolute Gasteiger partial charge is 0.417 e. The van der Waals surface area contributed by atoms with Gasteiger partial charge in [0.25, 0.3) is 0 Å². The first-order valence-electron chi connectivity index (χ1n) is 19.5. The molecule has 2 aromatic carbocycles. The Morgan fingerprint density at radius 3 is 2.48 bits per heavy atom. The van der Waals surface area contributed by atoms with E-state index in [4.69, 9.17) is 23.4 Å². The Bertz CT molecular complexity index is 2100. The number of thiocarbonyl (C=S) groups is 1. The van der Waals surface area contributed by atoms with Gasteiger partial charge in [0.15, 0.2) is 0 Å². The molecule has 4 aliphatic rings. The molecule has 12 nitrogen and oxygen atoms in total. The molecule has 1 unspecified atom stereocenters. The van der Waals surface area contributed by atoms with E-state index >= 15 is 0 Å². The lowest BCUT2D eigenvalue weighted by molar-refractivity contribution is -0.468. The number of amides is 4. The molecule has 4 fully saturated rings. The maximum absolute atomic E-state index is 13.7. The molecule has 3 N–H and O–H groups in total. The molecule has 3 saturated heterocycles. The molecule has 0 radical (unpaired) electrons. The molecule has 4 atom stereocenters. The minimum absolute atomic E-state index is 0.00919. The molecule has 16 heteroatoms. The number of hydrogen-bond donors (Lipinski definition) is 3. The number of likely N-dealkylation sites (tertiary alicyclic amines) is 1. The van der Waals surface area contributed by atoms with Crippen LogP contribution in [-0.2, 0) is 30.1 Å². The fourth-order valence-electron chi connectivity index (χ4n) is 8.50. The summed E-state index contributed by atoms with van der Waals surface area (Å²) in [6.45, 7) is 6.14. The summed E-state index contributed by atoms with van der Waals surface area (Å²) in [4.78, 5) is 53.6. The number of imide groups is 1. The van der Waals surface area contributed by atoms with Crippen molar-refractivity contribution in [1.82, 2.24) is 10.2 Å². The maximum atomic E-state index is 13.7. The molecule has 6 rings (SSSR count). The molecule has 4 amide bonds. The van der Waals surface area contributed by atoms with Crippen molar-refractivity contribution in [3.63, 3.8) is 0 Å². The third-order valence-electron chi connectivity index (χ3n) is 11.5. The van der Waals surface area contributed by atoms with Crippen molar-refractivity contribution in [3.05, 3.63) is 53.6 Å². The van der Waals surface area contributed by atoms with Crippen molar-refractivity contribution in [3.8, 4) is 18.4 Å². The van der Waals surface area contributed by atoms with Gasteiger partial charge in [-0.15, -0.1) is 11.3 Å². The fourth-order valence-corrected chi connectivity index (χ4v) is 9.04. The average Bonchev–Trinajstić information content (AvgIpc) is 3.35. The molecule has 1 saturated carbocycles. The van der Waals surface area contributed by atoms with E-state index in [1.54, 1.807) is 48.8 Å². The lowest BCUT2D eigenvalue weighted by Gasteiger charge is -2.41. The number of nitriles is 1. The third kappa shape index (κ3) is 9.25. The number of terminal acetylenes is 1. The highest BCUT2D eigenvalue weighted by Crippen LogP contribution is 2.38. The summed E-state index contributed by atoms with van der Waals surface area (Å²) in [5.41, 5.74) is -0.659. The molecular weight excluding hydrogens is 772 g/mol. The van der Waals surface area contributed by atoms with Crippen molar-refractivity contribution in [1.29, 1.82) is 5.26 Å². The standard InChI is InChI=1S/C42H46F3N7O5S/c1-5-30-20-26(19-25(2)50(30)24-37(54)48-29-8-6-7-28(21-29)47-35-15-16-36(53)49-38(35)55)17-18-57-33-13-11-31(12-14-33)52-40(58)51(39(56)41(52,3)4)32-10-9-27(23-46)34(22-32)42(43,44)45/h1,6-10,21-22,25-26,30,33,35,47H,11-20,24H2,2-4H3,(H-,48,49,53,54,55)/p+1/t25-,26-,30+,33?,35?/m0/s1. The number of anilines is 3. The van der Waals surface area contributed by atoms with Gasteiger partial charge in [-0.3, -0.25) is 24.6 Å². The van der Waals surface area contributed by atoms with Gasteiger partial charge >= 0.3 is 17.2 Å². The summed E-state index contributed by atoms with van der Waals surface area (Å²) in [6, 6.07) is 11.1. The van der Waals surface area contributed by atoms with Gasteiger partial charge < -0.3 is 15.4 Å². The summed E-state index contributed by atoms with van der Waals surface area (Å²) in [5.74, 6) is 1.87. The zero-order valence-electron chi connectivity index (χ0n) is 32.7. The molecular formula is C42H47F3N7O5S+. The van der Waals surface area contributed by atoms with Gasteiger partial charge in [-0.05, 0) is 102 Å². The van der Waals surface area contributed by atoms with Crippen LogP contribution in [0.15, 0.2) is 42.5 Å².